The van der Waals surface area contributed by atoms with E-state index in [1.165, 1.54) is 0 Å². The molecule has 2 aliphatic heterocycles. The van der Waals surface area contributed by atoms with Crippen LogP contribution in [0.4, 0.5) is 0 Å². The molecule has 5 rings (SSSR count). The molecule has 2 saturated heterocycles. The summed E-state index contributed by atoms with van der Waals surface area (Å²) in [5, 5.41) is 10.9. The van der Waals surface area contributed by atoms with Gasteiger partial charge in [0.1, 0.15) is 6.29 Å². The van der Waals surface area contributed by atoms with Gasteiger partial charge < -0.3 is 14.7 Å². The van der Waals surface area contributed by atoms with Crippen LogP contribution < -0.4 is 10.6 Å². The highest BCUT2D eigenvalue weighted by atomic mass is 35.5. The van der Waals surface area contributed by atoms with E-state index in [1.54, 1.807) is 0 Å². The molecule has 1 saturated carbocycles. The van der Waals surface area contributed by atoms with Crippen LogP contribution in [-0.2, 0) is 10.2 Å². The number of hydrogen-bond acceptors (Lipinski definition) is 7. The van der Waals surface area contributed by atoms with Crippen LogP contribution in [-0.4, -0.2) is 75.6 Å². The number of amides is 2. The highest BCUT2D eigenvalue weighted by Gasteiger charge is 2.42. The first-order chi connectivity index (χ1) is 16.7. The second kappa shape index (κ2) is 9.52. The van der Waals surface area contributed by atoms with Gasteiger partial charge in [0.15, 0.2) is 0 Å². The molecule has 3 heterocycles. The van der Waals surface area contributed by atoms with Crippen molar-refractivity contribution >= 4 is 23.4 Å². The van der Waals surface area contributed by atoms with E-state index in [4.69, 9.17) is 16.1 Å². The van der Waals surface area contributed by atoms with Crippen LogP contribution in [0.1, 0.15) is 56.3 Å². The Kier molecular flexibility index (Phi) is 6.59. The molecular formula is C25H33ClN6O3. The number of carbonyl (C=O) groups excluding carboxylic acids is 2. The van der Waals surface area contributed by atoms with Crippen molar-refractivity contribution in [2.24, 2.45) is 5.92 Å². The number of carbonyl (C=O) groups is 2. The third-order valence-electron chi connectivity index (χ3n) is 7.20. The number of nitrogens with one attached hydrogen (secondary N) is 2. The maximum Gasteiger partial charge on any atom is 0.253 e. The summed E-state index contributed by atoms with van der Waals surface area (Å²) in [7, 11) is 0. The number of fused-ring (bicyclic) bond motifs is 1. The van der Waals surface area contributed by atoms with E-state index in [-0.39, 0.29) is 40.9 Å². The van der Waals surface area contributed by atoms with Gasteiger partial charge in [0, 0.05) is 54.1 Å². The van der Waals surface area contributed by atoms with Gasteiger partial charge in [-0.1, -0.05) is 38.1 Å². The van der Waals surface area contributed by atoms with Crippen molar-refractivity contribution in [1.82, 2.24) is 30.6 Å². The third kappa shape index (κ3) is 5.08. The van der Waals surface area contributed by atoms with E-state index in [1.807, 2.05) is 49.9 Å². The first kappa shape index (κ1) is 24.2. The van der Waals surface area contributed by atoms with Crippen molar-refractivity contribution in [3.63, 3.8) is 0 Å². The predicted octanol–water partition coefficient (Wildman–Crippen LogP) is 2.57. The van der Waals surface area contributed by atoms with Gasteiger partial charge in [-0.3, -0.25) is 19.8 Å². The molecule has 3 aliphatic rings. The van der Waals surface area contributed by atoms with Gasteiger partial charge in [0.25, 0.3) is 5.91 Å². The molecule has 1 aromatic carbocycles. The molecule has 2 amide bonds. The molecule has 10 heteroatoms. The lowest BCUT2D eigenvalue weighted by atomic mass is 9.82. The van der Waals surface area contributed by atoms with E-state index >= 15 is 0 Å². The summed E-state index contributed by atoms with van der Waals surface area (Å²) in [5.74, 6) is 1.13. The monoisotopic (exact) mass is 500 g/mol. The summed E-state index contributed by atoms with van der Waals surface area (Å²) < 4.78 is 5.38. The second-order valence-corrected chi connectivity index (χ2v) is 11.4. The molecule has 1 aliphatic carbocycles. The van der Waals surface area contributed by atoms with E-state index in [0.29, 0.717) is 43.5 Å². The number of alkyl halides is 1. The van der Waals surface area contributed by atoms with Crippen molar-refractivity contribution in [1.29, 1.82) is 0 Å². The van der Waals surface area contributed by atoms with Crippen LogP contribution >= 0.6 is 11.6 Å². The molecule has 35 heavy (non-hydrogen) atoms. The fraction of sp³-hybridized carbons (Fsp3) is 0.600. The molecule has 1 aromatic heterocycles. The first-order valence-electron chi connectivity index (χ1n) is 12.4. The average molecular weight is 501 g/mol. The van der Waals surface area contributed by atoms with Crippen LogP contribution in [0.25, 0.3) is 11.4 Å². The van der Waals surface area contributed by atoms with Gasteiger partial charge in [-0.15, -0.1) is 11.6 Å². The molecule has 0 bridgehead atoms. The SMILES string of the molecule is CC(C)(C)c1nc(-c2ccc(C(=O)N3CCN(C4NC(=O)C5CC(Cl)CCC5N4)CC3)cc2)no1. The lowest BCUT2D eigenvalue weighted by Crippen LogP contribution is -2.70. The summed E-state index contributed by atoms with van der Waals surface area (Å²) >= 11 is 6.27. The van der Waals surface area contributed by atoms with Crippen molar-refractivity contribution in [2.75, 3.05) is 26.2 Å². The van der Waals surface area contributed by atoms with Crippen LogP contribution in [0.5, 0.6) is 0 Å². The maximum absolute atomic E-state index is 13.1. The zero-order chi connectivity index (χ0) is 24.7. The Morgan fingerprint density at radius 2 is 1.83 bits per heavy atom. The Morgan fingerprint density at radius 1 is 1.11 bits per heavy atom. The second-order valence-electron chi connectivity index (χ2n) is 10.8. The van der Waals surface area contributed by atoms with E-state index in [0.717, 1.165) is 24.8 Å². The molecule has 4 atom stereocenters. The number of rotatable bonds is 3. The molecule has 2 aromatic rings. The minimum Gasteiger partial charge on any atom is -0.338 e. The van der Waals surface area contributed by atoms with Crippen LogP contribution in [0.15, 0.2) is 28.8 Å². The standard InChI is InChI=1S/C25H33ClN6O3/c1-25(2,3)23-28-20(30-35-23)15-4-6-16(7-5-15)22(34)31-10-12-32(13-11-31)24-27-19-9-8-17(26)14-18(19)21(33)29-24/h4-7,17-19,24,27H,8-14H2,1-3H3,(H,29,33). The zero-order valence-corrected chi connectivity index (χ0v) is 21.2. The highest BCUT2D eigenvalue weighted by Crippen LogP contribution is 2.31. The Bertz CT molecular complexity index is 1070. The molecular weight excluding hydrogens is 468 g/mol. The Balaban J connectivity index is 1.17. The number of nitrogens with zero attached hydrogens (tertiary/aromatic N) is 4. The molecule has 0 radical (unpaired) electrons. The molecule has 3 fully saturated rings. The Morgan fingerprint density at radius 3 is 2.49 bits per heavy atom. The number of piperazine rings is 1. The molecule has 2 N–H and O–H groups in total. The zero-order valence-electron chi connectivity index (χ0n) is 20.5. The largest absolute Gasteiger partial charge is 0.338 e. The van der Waals surface area contributed by atoms with Gasteiger partial charge in [0.2, 0.25) is 17.6 Å². The summed E-state index contributed by atoms with van der Waals surface area (Å²) in [4.78, 5) is 34.3. The predicted molar refractivity (Wildman–Crippen MR) is 132 cm³/mol. The normalized spacial score (nSPS) is 27.9. The smallest absolute Gasteiger partial charge is 0.253 e. The van der Waals surface area contributed by atoms with Crippen molar-refractivity contribution < 1.29 is 14.1 Å². The number of halogens is 1. The summed E-state index contributed by atoms with van der Waals surface area (Å²) in [6, 6.07) is 7.50. The van der Waals surface area contributed by atoms with Crippen molar-refractivity contribution in [3.05, 3.63) is 35.7 Å². The Hall–Kier alpha value is -2.49. The number of hydrogen-bond donors (Lipinski definition) is 2. The maximum atomic E-state index is 13.1. The lowest BCUT2D eigenvalue weighted by Gasteiger charge is -2.47. The lowest BCUT2D eigenvalue weighted by molar-refractivity contribution is -0.134. The fourth-order valence-electron chi connectivity index (χ4n) is 5.06. The van der Waals surface area contributed by atoms with Crippen molar-refractivity contribution in [3.8, 4) is 11.4 Å². The minimum absolute atomic E-state index is 0.000769. The summed E-state index contributed by atoms with van der Waals surface area (Å²) in [5.41, 5.74) is 1.22. The fourth-order valence-corrected chi connectivity index (χ4v) is 5.38. The van der Waals surface area contributed by atoms with Gasteiger partial charge >= 0.3 is 0 Å². The summed E-state index contributed by atoms with van der Waals surface area (Å²) in [6.45, 7) is 8.65. The summed E-state index contributed by atoms with van der Waals surface area (Å²) in [6.07, 6.45) is 2.38. The molecule has 188 valence electrons. The third-order valence-corrected chi connectivity index (χ3v) is 7.59. The Labute approximate surface area is 210 Å². The number of aromatic nitrogens is 2. The van der Waals surface area contributed by atoms with E-state index in [2.05, 4.69) is 25.7 Å². The van der Waals surface area contributed by atoms with E-state index < -0.39 is 0 Å². The minimum atomic E-state index is -0.218. The topological polar surface area (TPSA) is 104 Å². The van der Waals surface area contributed by atoms with Crippen LogP contribution in [0, 0.1) is 5.92 Å². The van der Waals surface area contributed by atoms with Crippen LogP contribution in [0.3, 0.4) is 0 Å². The van der Waals surface area contributed by atoms with Gasteiger partial charge in [-0.25, -0.2) is 0 Å². The first-order valence-corrected chi connectivity index (χ1v) is 12.8. The van der Waals surface area contributed by atoms with Gasteiger partial charge in [-0.2, -0.15) is 4.98 Å². The molecule has 9 nitrogen and oxygen atoms in total. The quantitative estimate of drug-likeness (QED) is 0.624. The molecule has 4 unspecified atom stereocenters. The van der Waals surface area contributed by atoms with Gasteiger partial charge in [0.05, 0.1) is 5.92 Å². The molecule has 0 spiro atoms. The van der Waals surface area contributed by atoms with E-state index in [9.17, 15) is 9.59 Å². The average Bonchev–Trinajstić information content (AvgIpc) is 3.35. The van der Waals surface area contributed by atoms with Crippen LogP contribution in [0.2, 0.25) is 0 Å². The van der Waals surface area contributed by atoms with Crippen molar-refractivity contribution in [2.45, 2.75) is 63.2 Å². The number of benzene rings is 1. The van der Waals surface area contributed by atoms with Gasteiger partial charge in [-0.05, 0) is 31.4 Å². The highest BCUT2D eigenvalue weighted by molar-refractivity contribution is 6.20.